The minimum absolute atomic E-state index is 0.0173. The van der Waals surface area contributed by atoms with E-state index in [0.717, 1.165) is 5.69 Å². The molecule has 0 bridgehead atoms. The molecule has 0 saturated heterocycles. The maximum absolute atomic E-state index is 11.8. The standard InChI is InChI=1S/C13H18N4O/c1-16(10-12-6-3-4-8-15-12)11-13(18)17(2)9-5-7-14/h3-4,6,8H,5,9-11H2,1-2H3. The molecule has 5 nitrogen and oxygen atoms in total. The fourth-order valence-electron chi connectivity index (χ4n) is 1.52. The van der Waals surface area contributed by atoms with E-state index in [1.807, 2.05) is 36.2 Å². The fraction of sp³-hybridized carbons (Fsp3) is 0.462. The Morgan fingerprint density at radius 1 is 1.44 bits per heavy atom. The van der Waals surface area contributed by atoms with Crippen molar-refractivity contribution in [3.05, 3.63) is 30.1 Å². The number of likely N-dealkylation sites (N-methyl/N-ethyl adjacent to an activating group) is 2. The molecule has 1 heterocycles. The SMILES string of the molecule is CN(CC(=O)N(C)CCC#N)Cc1ccccn1. The molecule has 96 valence electrons. The zero-order valence-electron chi connectivity index (χ0n) is 10.8. The van der Waals surface area contributed by atoms with Crippen LogP contribution in [-0.4, -0.2) is 47.9 Å². The number of carbonyl (C=O) groups is 1. The number of nitrogens with zero attached hydrogens (tertiary/aromatic N) is 4. The van der Waals surface area contributed by atoms with Crippen LogP contribution in [0.3, 0.4) is 0 Å². The second-order valence-corrected chi connectivity index (χ2v) is 4.22. The van der Waals surface area contributed by atoms with Crippen LogP contribution in [0.15, 0.2) is 24.4 Å². The summed E-state index contributed by atoms with van der Waals surface area (Å²) in [7, 11) is 3.60. The molecule has 0 spiro atoms. The molecule has 5 heteroatoms. The molecule has 1 rings (SSSR count). The highest BCUT2D eigenvalue weighted by Gasteiger charge is 2.11. The van der Waals surface area contributed by atoms with Gasteiger partial charge in [0.15, 0.2) is 0 Å². The Balaban J connectivity index is 2.38. The molecule has 0 aliphatic carbocycles. The number of aromatic nitrogens is 1. The van der Waals surface area contributed by atoms with Crippen molar-refractivity contribution in [1.29, 1.82) is 5.26 Å². The van der Waals surface area contributed by atoms with E-state index in [9.17, 15) is 4.79 Å². The monoisotopic (exact) mass is 246 g/mol. The summed E-state index contributed by atoms with van der Waals surface area (Å²) >= 11 is 0. The predicted octanol–water partition coefficient (Wildman–Crippen LogP) is 0.885. The van der Waals surface area contributed by atoms with Crippen LogP contribution in [0, 0.1) is 11.3 Å². The van der Waals surface area contributed by atoms with Crippen molar-refractivity contribution in [3.8, 4) is 6.07 Å². The molecule has 0 aliphatic rings. The zero-order valence-corrected chi connectivity index (χ0v) is 10.8. The van der Waals surface area contributed by atoms with Crippen LogP contribution in [0.25, 0.3) is 0 Å². The molecule has 0 N–H and O–H groups in total. The van der Waals surface area contributed by atoms with Crippen LogP contribution in [0.2, 0.25) is 0 Å². The summed E-state index contributed by atoms with van der Waals surface area (Å²) in [5.41, 5.74) is 0.937. The van der Waals surface area contributed by atoms with E-state index in [2.05, 4.69) is 4.98 Å². The minimum Gasteiger partial charge on any atom is -0.344 e. The van der Waals surface area contributed by atoms with Crippen LogP contribution in [-0.2, 0) is 11.3 Å². The Hall–Kier alpha value is -1.93. The van der Waals surface area contributed by atoms with Crippen molar-refractivity contribution in [2.45, 2.75) is 13.0 Å². The van der Waals surface area contributed by atoms with Gasteiger partial charge in [-0.1, -0.05) is 6.07 Å². The second-order valence-electron chi connectivity index (χ2n) is 4.22. The van der Waals surface area contributed by atoms with Gasteiger partial charge in [0.25, 0.3) is 0 Å². The number of rotatable bonds is 6. The smallest absolute Gasteiger partial charge is 0.236 e. The van der Waals surface area contributed by atoms with E-state index >= 15 is 0 Å². The van der Waals surface area contributed by atoms with E-state index in [4.69, 9.17) is 5.26 Å². The third-order valence-corrected chi connectivity index (χ3v) is 2.55. The number of nitriles is 1. The van der Waals surface area contributed by atoms with Gasteiger partial charge in [0, 0.05) is 26.3 Å². The first kappa shape index (κ1) is 14.1. The maximum atomic E-state index is 11.8. The second kappa shape index (κ2) is 7.41. The molecule has 0 saturated carbocycles. The van der Waals surface area contributed by atoms with Crippen molar-refractivity contribution in [1.82, 2.24) is 14.8 Å². The predicted molar refractivity (Wildman–Crippen MR) is 68.4 cm³/mol. The summed E-state index contributed by atoms with van der Waals surface area (Å²) in [5.74, 6) is 0.0173. The summed E-state index contributed by atoms with van der Waals surface area (Å²) in [4.78, 5) is 19.5. The van der Waals surface area contributed by atoms with Crippen molar-refractivity contribution in [2.75, 3.05) is 27.2 Å². The lowest BCUT2D eigenvalue weighted by Crippen LogP contribution is -2.36. The Morgan fingerprint density at radius 3 is 2.83 bits per heavy atom. The quantitative estimate of drug-likeness (QED) is 0.747. The van der Waals surface area contributed by atoms with Crippen LogP contribution in [0.1, 0.15) is 12.1 Å². The number of pyridine rings is 1. The van der Waals surface area contributed by atoms with Gasteiger partial charge in [-0.3, -0.25) is 14.7 Å². The Bertz CT molecular complexity index is 413. The van der Waals surface area contributed by atoms with Gasteiger partial charge >= 0.3 is 0 Å². The van der Waals surface area contributed by atoms with Crippen LogP contribution >= 0.6 is 0 Å². The van der Waals surface area contributed by atoms with Crippen molar-refractivity contribution in [2.24, 2.45) is 0 Å². The lowest BCUT2D eigenvalue weighted by molar-refractivity contribution is -0.130. The van der Waals surface area contributed by atoms with Gasteiger partial charge in [-0.15, -0.1) is 0 Å². The first-order valence-electron chi connectivity index (χ1n) is 5.83. The van der Waals surface area contributed by atoms with Gasteiger partial charge < -0.3 is 4.90 Å². The normalized spacial score (nSPS) is 10.1. The van der Waals surface area contributed by atoms with Crippen LogP contribution in [0.5, 0.6) is 0 Å². The van der Waals surface area contributed by atoms with Crippen LogP contribution < -0.4 is 0 Å². The summed E-state index contributed by atoms with van der Waals surface area (Å²) in [6.07, 6.45) is 2.11. The van der Waals surface area contributed by atoms with Gasteiger partial charge in [0.05, 0.1) is 24.7 Å². The summed E-state index contributed by atoms with van der Waals surface area (Å²) in [5, 5.41) is 8.47. The number of hydrogen-bond donors (Lipinski definition) is 0. The van der Waals surface area contributed by atoms with Gasteiger partial charge in [-0.25, -0.2) is 0 Å². The fourth-order valence-corrected chi connectivity index (χ4v) is 1.52. The molecule has 1 aromatic heterocycles. The minimum atomic E-state index is 0.0173. The molecule has 0 radical (unpaired) electrons. The Morgan fingerprint density at radius 2 is 2.22 bits per heavy atom. The lowest BCUT2D eigenvalue weighted by atomic mass is 10.3. The highest BCUT2D eigenvalue weighted by Crippen LogP contribution is 1.99. The average molecular weight is 246 g/mol. The van der Waals surface area contributed by atoms with E-state index in [1.54, 1.807) is 18.1 Å². The average Bonchev–Trinajstić information content (AvgIpc) is 2.36. The first-order valence-corrected chi connectivity index (χ1v) is 5.83. The van der Waals surface area contributed by atoms with E-state index in [-0.39, 0.29) is 5.91 Å². The highest BCUT2D eigenvalue weighted by molar-refractivity contribution is 5.77. The van der Waals surface area contributed by atoms with Gasteiger partial charge in [-0.05, 0) is 19.2 Å². The van der Waals surface area contributed by atoms with Crippen molar-refractivity contribution >= 4 is 5.91 Å². The Kier molecular flexibility index (Phi) is 5.81. The molecule has 0 fully saturated rings. The number of carbonyl (C=O) groups excluding carboxylic acids is 1. The highest BCUT2D eigenvalue weighted by atomic mass is 16.2. The number of amides is 1. The lowest BCUT2D eigenvalue weighted by Gasteiger charge is -2.20. The van der Waals surface area contributed by atoms with Gasteiger partial charge in [-0.2, -0.15) is 5.26 Å². The Labute approximate surface area is 108 Å². The molecule has 0 atom stereocenters. The summed E-state index contributed by atoms with van der Waals surface area (Å²) in [6.45, 7) is 1.45. The largest absolute Gasteiger partial charge is 0.344 e. The topological polar surface area (TPSA) is 60.2 Å². The molecular formula is C13H18N4O. The zero-order chi connectivity index (χ0) is 13.4. The van der Waals surface area contributed by atoms with E-state index in [0.29, 0.717) is 26.1 Å². The maximum Gasteiger partial charge on any atom is 0.236 e. The van der Waals surface area contributed by atoms with Crippen molar-refractivity contribution < 1.29 is 4.79 Å². The van der Waals surface area contributed by atoms with Crippen LogP contribution in [0.4, 0.5) is 0 Å². The first-order chi connectivity index (χ1) is 8.63. The third kappa shape index (κ3) is 4.93. The molecule has 0 unspecified atom stereocenters. The molecule has 18 heavy (non-hydrogen) atoms. The molecule has 0 aliphatic heterocycles. The molecule has 1 aromatic rings. The molecular weight excluding hydrogens is 228 g/mol. The van der Waals surface area contributed by atoms with E-state index < -0.39 is 0 Å². The third-order valence-electron chi connectivity index (χ3n) is 2.55. The van der Waals surface area contributed by atoms with Gasteiger partial charge in [0.2, 0.25) is 5.91 Å². The molecule has 1 amide bonds. The van der Waals surface area contributed by atoms with Crippen molar-refractivity contribution in [3.63, 3.8) is 0 Å². The summed E-state index contributed by atoms with van der Waals surface area (Å²) < 4.78 is 0. The molecule has 0 aromatic carbocycles. The summed E-state index contributed by atoms with van der Waals surface area (Å²) in [6, 6.07) is 7.75. The van der Waals surface area contributed by atoms with E-state index in [1.165, 1.54) is 0 Å². The number of hydrogen-bond acceptors (Lipinski definition) is 4. The van der Waals surface area contributed by atoms with Gasteiger partial charge in [0.1, 0.15) is 0 Å².